The zero-order chi connectivity index (χ0) is 15.7. The minimum absolute atomic E-state index is 0.127. The van der Waals surface area contributed by atoms with Crippen LogP contribution in [0.1, 0.15) is 22.4 Å². The van der Waals surface area contributed by atoms with Gasteiger partial charge in [0.05, 0.1) is 6.21 Å². The van der Waals surface area contributed by atoms with E-state index >= 15 is 0 Å². The van der Waals surface area contributed by atoms with Crippen LogP contribution in [0.2, 0.25) is 0 Å². The van der Waals surface area contributed by atoms with Crippen molar-refractivity contribution < 1.29 is 0 Å². The summed E-state index contributed by atoms with van der Waals surface area (Å²) < 4.78 is 1.26. The fourth-order valence-corrected chi connectivity index (χ4v) is 2.48. The third-order valence-electron chi connectivity index (χ3n) is 3.61. The highest BCUT2D eigenvalue weighted by Crippen LogP contribution is 2.15. The maximum Gasteiger partial charge on any atom is 0.289 e. The summed E-state index contributed by atoms with van der Waals surface area (Å²) >= 11 is 0. The highest BCUT2D eigenvalue weighted by molar-refractivity contribution is 5.98. The average molecular weight is 290 g/mol. The Morgan fingerprint density at radius 2 is 2.09 bits per heavy atom. The molecule has 0 unspecified atom stereocenters. The number of nitrogens with zero attached hydrogens (tertiary/aromatic N) is 3. The minimum atomic E-state index is -0.393. The number of aromatic nitrogens is 2. The van der Waals surface area contributed by atoms with Crippen LogP contribution in [0.25, 0.3) is 10.9 Å². The first kappa shape index (κ1) is 13.8. The molecular formula is C17H14N4O. The van der Waals surface area contributed by atoms with E-state index in [9.17, 15) is 4.79 Å². The number of nitriles is 1. The van der Waals surface area contributed by atoms with E-state index < -0.39 is 5.56 Å². The van der Waals surface area contributed by atoms with Crippen molar-refractivity contribution in [2.75, 3.05) is 0 Å². The summed E-state index contributed by atoms with van der Waals surface area (Å²) in [5.74, 6) is 0. The lowest BCUT2D eigenvalue weighted by molar-refractivity contribution is 0.787. The van der Waals surface area contributed by atoms with E-state index in [0.717, 1.165) is 16.5 Å². The number of aryl methyl sites for hydroxylation is 2. The predicted molar refractivity (Wildman–Crippen MR) is 86.2 cm³/mol. The third-order valence-corrected chi connectivity index (χ3v) is 3.61. The highest BCUT2D eigenvalue weighted by Gasteiger charge is 2.09. The van der Waals surface area contributed by atoms with E-state index in [1.54, 1.807) is 26.1 Å². The van der Waals surface area contributed by atoms with Gasteiger partial charge in [0.2, 0.25) is 0 Å². The Balaban J connectivity index is 2.11. The number of H-pyrrole nitrogens is 1. The molecule has 0 aliphatic heterocycles. The molecule has 5 nitrogen and oxygen atoms in total. The number of nitrogens with one attached hydrogen (secondary N) is 1. The van der Waals surface area contributed by atoms with Crippen LogP contribution in [0.5, 0.6) is 0 Å². The van der Waals surface area contributed by atoms with Crippen molar-refractivity contribution in [3.8, 4) is 6.07 Å². The van der Waals surface area contributed by atoms with Gasteiger partial charge in [-0.2, -0.15) is 10.4 Å². The van der Waals surface area contributed by atoms with Crippen LogP contribution in [0.15, 0.2) is 46.4 Å². The van der Waals surface area contributed by atoms with Crippen LogP contribution in [-0.4, -0.2) is 15.9 Å². The summed E-state index contributed by atoms with van der Waals surface area (Å²) in [6, 6.07) is 11.6. The maximum atomic E-state index is 12.3. The lowest BCUT2D eigenvalue weighted by Crippen LogP contribution is -2.22. The van der Waals surface area contributed by atoms with Crippen molar-refractivity contribution in [3.05, 3.63) is 69.3 Å². The second-order valence-corrected chi connectivity index (χ2v) is 5.11. The standard InChI is InChI=1S/C17H14N4O/c1-11-7-12(2)21(17(22)15(11)8-18)20-10-13-9-19-16-6-4-3-5-14(13)16/h3-7,9-10,19H,1-2H3/b20-10+. The lowest BCUT2D eigenvalue weighted by atomic mass is 10.1. The van der Waals surface area contributed by atoms with Gasteiger partial charge in [-0.1, -0.05) is 18.2 Å². The second-order valence-electron chi connectivity index (χ2n) is 5.11. The Morgan fingerprint density at radius 3 is 2.86 bits per heavy atom. The molecule has 22 heavy (non-hydrogen) atoms. The van der Waals surface area contributed by atoms with Crippen LogP contribution in [0.3, 0.4) is 0 Å². The van der Waals surface area contributed by atoms with E-state index in [4.69, 9.17) is 5.26 Å². The van der Waals surface area contributed by atoms with Gasteiger partial charge in [0, 0.05) is 28.4 Å². The normalized spacial score (nSPS) is 11.1. The number of fused-ring (bicyclic) bond motifs is 1. The van der Waals surface area contributed by atoms with E-state index in [1.807, 2.05) is 36.5 Å². The molecule has 0 bridgehead atoms. The molecule has 0 amide bonds. The predicted octanol–water partition coefficient (Wildman–Crippen LogP) is 2.70. The Labute approximate surface area is 127 Å². The summed E-state index contributed by atoms with van der Waals surface area (Å²) in [6.07, 6.45) is 3.47. The number of aromatic amines is 1. The number of hydrogen-bond acceptors (Lipinski definition) is 3. The van der Waals surface area contributed by atoms with Gasteiger partial charge in [0.15, 0.2) is 0 Å². The first-order valence-electron chi connectivity index (χ1n) is 6.85. The van der Waals surface area contributed by atoms with Crippen LogP contribution in [-0.2, 0) is 0 Å². The molecule has 2 aromatic heterocycles. The number of hydrogen-bond donors (Lipinski definition) is 1. The molecule has 0 saturated carbocycles. The second kappa shape index (κ2) is 5.34. The summed E-state index contributed by atoms with van der Waals surface area (Å²) in [6.45, 7) is 3.54. The zero-order valence-electron chi connectivity index (χ0n) is 12.3. The Bertz CT molecular complexity index is 986. The first-order chi connectivity index (χ1) is 10.6. The summed E-state index contributed by atoms with van der Waals surface area (Å²) in [5.41, 5.74) is 2.99. The van der Waals surface area contributed by atoms with E-state index in [-0.39, 0.29) is 5.56 Å². The quantitative estimate of drug-likeness (QED) is 0.737. The van der Waals surface area contributed by atoms with Gasteiger partial charge in [0.1, 0.15) is 11.6 Å². The molecule has 0 spiro atoms. The first-order valence-corrected chi connectivity index (χ1v) is 6.85. The van der Waals surface area contributed by atoms with Crippen LogP contribution >= 0.6 is 0 Å². The molecule has 5 heteroatoms. The van der Waals surface area contributed by atoms with Crippen molar-refractivity contribution in [1.29, 1.82) is 5.26 Å². The van der Waals surface area contributed by atoms with Gasteiger partial charge >= 0.3 is 0 Å². The molecule has 3 aromatic rings. The van der Waals surface area contributed by atoms with Gasteiger partial charge in [0.25, 0.3) is 5.56 Å². The molecule has 0 saturated heterocycles. The molecule has 1 N–H and O–H groups in total. The van der Waals surface area contributed by atoms with Gasteiger partial charge in [-0.3, -0.25) is 4.79 Å². The van der Waals surface area contributed by atoms with Crippen LogP contribution in [0.4, 0.5) is 0 Å². The topological polar surface area (TPSA) is 73.9 Å². The SMILES string of the molecule is Cc1cc(C)n(/N=C/c2c[nH]c3ccccc23)c(=O)c1C#N. The Hall–Kier alpha value is -3.13. The van der Waals surface area contributed by atoms with Crippen LogP contribution in [0, 0.1) is 25.2 Å². The molecule has 0 fully saturated rings. The molecule has 2 heterocycles. The van der Waals surface area contributed by atoms with Gasteiger partial charge < -0.3 is 4.98 Å². The number of para-hydroxylation sites is 1. The van der Waals surface area contributed by atoms with Crippen molar-refractivity contribution >= 4 is 17.1 Å². The largest absolute Gasteiger partial charge is 0.361 e. The van der Waals surface area contributed by atoms with Crippen molar-refractivity contribution in [3.63, 3.8) is 0 Å². The smallest absolute Gasteiger partial charge is 0.289 e. The highest BCUT2D eigenvalue weighted by atomic mass is 16.1. The average Bonchev–Trinajstić information content (AvgIpc) is 2.90. The molecule has 0 radical (unpaired) electrons. The molecule has 108 valence electrons. The Morgan fingerprint density at radius 1 is 1.32 bits per heavy atom. The van der Waals surface area contributed by atoms with Gasteiger partial charge in [-0.05, 0) is 31.5 Å². The fraction of sp³-hybridized carbons (Fsp3) is 0.118. The fourth-order valence-electron chi connectivity index (χ4n) is 2.48. The molecule has 0 aliphatic carbocycles. The van der Waals surface area contributed by atoms with Crippen LogP contribution < -0.4 is 5.56 Å². The monoisotopic (exact) mass is 290 g/mol. The zero-order valence-corrected chi connectivity index (χ0v) is 12.3. The number of rotatable bonds is 2. The number of pyridine rings is 1. The number of benzene rings is 1. The van der Waals surface area contributed by atoms with Crippen molar-refractivity contribution in [2.45, 2.75) is 13.8 Å². The van der Waals surface area contributed by atoms with E-state index in [1.165, 1.54) is 4.68 Å². The minimum Gasteiger partial charge on any atom is -0.361 e. The summed E-state index contributed by atoms with van der Waals surface area (Å²) in [7, 11) is 0. The summed E-state index contributed by atoms with van der Waals surface area (Å²) in [4.78, 5) is 15.4. The maximum absolute atomic E-state index is 12.3. The molecule has 1 aromatic carbocycles. The molecule has 0 atom stereocenters. The lowest BCUT2D eigenvalue weighted by Gasteiger charge is -2.05. The van der Waals surface area contributed by atoms with Crippen molar-refractivity contribution in [1.82, 2.24) is 9.66 Å². The third kappa shape index (κ3) is 2.21. The summed E-state index contributed by atoms with van der Waals surface area (Å²) in [5, 5.41) is 14.4. The molecule has 0 aliphatic rings. The Kier molecular flexibility index (Phi) is 3.36. The van der Waals surface area contributed by atoms with Crippen molar-refractivity contribution in [2.24, 2.45) is 5.10 Å². The molecule has 3 rings (SSSR count). The van der Waals surface area contributed by atoms with E-state index in [0.29, 0.717) is 11.3 Å². The van der Waals surface area contributed by atoms with Gasteiger partial charge in [-0.15, -0.1) is 0 Å². The van der Waals surface area contributed by atoms with Gasteiger partial charge in [-0.25, -0.2) is 4.68 Å². The van der Waals surface area contributed by atoms with E-state index in [2.05, 4.69) is 10.1 Å². The molecular weight excluding hydrogens is 276 g/mol.